The van der Waals surface area contributed by atoms with Crippen molar-refractivity contribution in [3.8, 4) is 5.75 Å². The molecular formula is C18H22N2O3. The average molecular weight is 314 g/mol. The zero-order valence-electron chi connectivity index (χ0n) is 13.2. The number of urea groups is 1. The molecule has 2 rings (SSSR count). The maximum absolute atomic E-state index is 11.9. The molecule has 0 radical (unpaired) electrons. The highest BCUT2D eigenvalue weighted by Crippen LogP contribution is 2.17. The lowest BCUT2D eigenvalue weighted by molar-refractivity contribution is 0.172. The largest absolute Gasteiger partial charge is 0.494 e. The molecule has 0 fully saturated rings. The quantitative estimate of drug-likeness (QED) is 0.736. The molecule has 1 atom stereocenters. The van der Waals surface area contributed by atoms with E-state index in [0.29, 0.717) is 24.5 Å². The highest BCUT2D eigenvalue weighted by Gasteiger charge is 2.08. The summed E-state index contributed by atoms with van der Waals surface area (Å²) >= 11 is 0. The van der Waals surface area contributed by atoms with Crippen LogP contribution in [0.5, 0.6) is 5.75 Å². The second-order valence-corrected chi connectivity index (χ2v) is 5.14. The zero-order valence-corrected chi connectivity index (χ0v) is 13.2. The third-order valence-electron chi connectivity index (χ3n) is 3.22. The summed E-state index contributed by atoms with van der Waals surface area (Å²) in [6.07, 6.45) is -0.126. The standard InChI is InChI=1S/C18H22N2O3/c1-2-23-17-10-6-9-15(12-17)20-18(22)19-13-16(21)11-14-7-4-3-5-8-14/h3-10,12,16,21H,2,11,13H2,1H3,(H2,19,20,22). The number of nitrogens with one attached hydrogen (secondary N) is 2. The lowest BCUT2D eigenvalue weighted by atomic mass is 10.1. The van der Waals surface area contributed by atoms with Crippen LogP contribution in [0.25, 0.3) is 0 Å². The third-order valence-corrected chi connectivity index (χ3v) is 3.22. The van der Waals surface area contributed by atoms with Crippen LogP contribution in [0.3, 0.4) is 0 Å². The number of hydrogen-bond donors (Lipinski definition) is 3. The zero-order chi connectivity index (χ0) is 16.5. The Morgan fingerprint density at radius 2 is 1.96 bits per heavy atom. The van der Waals surface area contributed by atoms with Gasteiger partial charge < -0.3 is 20.5 Å². The van der Waals surface area contributed by atoms with Crippen molar-refractivity contribution in [2.24, 2.45) is 0 Å². The summed E-state index contributed by atoms with van der Waals surface area (Å²) in [4.78, 5) is 11.9. The summed E-state index contributed by atoms with van der Waals surface area (Å²) in [5.41, 5.74) is 1.68. The Morgan fingerprint density at radius 1 is 1.17 bits per heavy atom. The Hall–Kier alpha value is -2.53. The number of ether oxygens (including phenoxy) is 1. The van der Waals surface area contributed by atoms with Crippen molar-refractivity contribution in [3.05, 3.63) is 60.2 Å². The molecule has 0 heterocycles. The first-order valence-electron chi connectivity index (χ1n) is 7.67. The van der Waals surface area contributed by atoms with Gasteiger partial charge in [-0.3, -0.25) is 0 Å². The highest BCUT2D eigenvalue weighted by atomic mass is 16.5. The molecule has 122 valence electrons. The molecule has 0 spiro atoms. The molecule has 23 heavy (non-hydrogen) atoms. The van der Waals surface area contributed by atoms with E-state index in [9.17, 15) is 9.90 Å². The van der Waals surface area contributed by atoms with Crippen molar-refractivity contribution >= 4 is 11.7 Å². The second kappa shape index (κ2) is 8.80. The van der Waals surface area contributed by atoms with Gasteiger partial charge in [0.15, 0.2) is 0 Å². The first-order valence-corrected chi connectivity index (χ1v) is 7.67. The van der Waals surface area contributed by atoms with Crippen LogP contribution in [-0.4, -0.2) is 30.4 Å². The molecule has 2 amide bonds. The minimum Gasteiger partial charge on any atom is -0.494 e. The number of hydrogen-bond acceptors (Lipinski definition) is 3. The van der Waals surface area contributed by atoms with Gasteiger partial charge in [-0.15, -0.1) is 0 Å². The van der Waals surface area contributed by atoms with E-state index in [1.807, 2.05) is 49.4 Å². The van der Waals surface area contributed by atoms with Crippen LogP contribution in [0.4, 0.5) is 10.5 Å². The minimum absolute atomic E-state index is 0.186. The molecule has 2 aromatic rings. The van der Waals surface area contributed by atoms with Crippen LogP contribution in [0.1, 0.15) is 12.5 Å². The third kappa shape index (κ3) is 6.00. The molecule has 0 aliphatic carbocycles. The normalized spacial score (nSPS) is 11.6. The van der Waals surface area contributed by atoms with Gasteiger partial charge in [-0.1, -0.05) is 36.4 Å². The predicted octanol–water partition coefficient (Wildman–Crippen LogP) is 2.81. The Labute approximate surface area is 136 Å². The molecule has 1 unspecified atom stereocenters. The fraction of sp³-hybridized carbons (Fsp3) is 0.278. The van der Waals surface area contributed by atoms with Gasteiger partial charge >= 0.3 is 6.03 Å². The number of carbonyl (C=O) groups is 1. The van der Waals surface area contributed by atoms with Crippen LogP contribution in [0, 0.1) is 0 Å². The maximum atomic E-state index is 11.9. The fourth-order valence-electron chi connectivity index (χ4n) is 2.17. The van der Waals surface area contributed by atoms with Gasteiger partial charge in [0.2, 0.25) is 0 Å². The van der Waals surface area contributed by atoms with Crippen LogP contribution in [0.15, 0.2) is 54.6 Å². The van der Waals surface area contributed by atoms with E-state index in [-0.39, 0.29) is 12.6 Å². The molecule has 0 bridgehead atoms. The number of carbonyl (C=O) groups excluding carboxylic acids is 1. The Bertz CT molecular complexity index is 617. The van der Waals surface area contributed by atoms with Gasteiger partial charge in [0.1, 0.15) is 5.75 Å². The van der Waals surface area contributed by atoms with Crippen LogP contribution in [-0.2, 0) is 6.42 Å². The summed E-state index contributed by atoms with van der Waals surface area (Å²) in [5, 5.41) is 15.3. The summed E-state index contributed by atoms with van der Waals surface area (Å²) in [5.74, 6) is 0.703. The lowest BCUT2D eigenvalue weighted by Crippen LogP contribution is -2.36. The van der Waals surface area contributed by atoms with E-state index >= 15 is 0 Å². The monoisotopic (exact) mass is 314 g/mol. The maximum Gasteiger partial charge on any atom is 0.319 e. The topological polar surface area (TPSA) is 70.6 Å². The Kier molecular flexibility index (Phi) is 6.44. The fourth-order valence-corrected chi connectivity index (χ4v) is 2.17. The van der Waals surface area contributed by atoms with E-state index in [2.05, 4.69) is 10.6 Å². The molecule has 0 aliphatic rings. The SMILES string of the molecule is CCOc1cccc(NC(=O)NCC(O)Cc2ccccc2)c1. The van der Waals surface area contributed by atoms with Gasteiger partial charge in [0.05, 0.1) is 12.7 Å². The van der Waals surface area contributed by atoms with Crippen molar-refractivity contribution in [3.63, 3.8) is 0 Å². The number of amides is 2. The Morgan fingerprint density at radius 3 is 2.70 bits per heavy atom. The van der Waals surface area contributed by atoms with Crippen molar-refractivity contribution in [1.29, 1.82) is 0 Å². The molecule has 0 saturated carbocycles. The van der Waals surface area contributed by atoms with Crippen molar-refractivity contribution < 1.29 is 14.6 Å². The first kappa shape index (κ1) is 16.8. The molecule has 0 saturated heterocycles. The second-order valence-electron chi connectivity index (χ2n) is 5.14. The highest BCUT2D eigenvalue weighted by molar-refractivity contribution is 5.89. The summed E-state index contributed by atoms with van der Waals surface area (Å²) in [6.45, 7) is 2.66. The molecule has 3 N–H and O–H groups in total. The minimum atomic E-state index is -0.627. The van der Waals surface area contributed by atoms with Crippen molar-refractivity contribution in [2.75, 3.05) is 18.5 Å². The van der Waals surface area contributed by atoms with Gasteiger partial charge in [-0.2, -0.15) is 0 Å². The summed E-state index contributed by atoms with van der Waals surface area (Å²) < 4.78 is 5.38. The smallest absolute Gasteiger partial charge is 0.319 e. The number of aliphatic hydroxyl groups excluding tert-OH is 1. The average Bonchev–Trinajstić information content (AvgIpc) is 2.55. The molecular weight excluding hydrogens is 292 g/mol. The van der Waals surface area contributed by atoms with Crippen LogP contribution in [0.2, 0.25) is 0 Å². The molecule has 0 aliphatic heterocycles. The van der Waals surface area contributed by atoms with E-state index in [1.54, 1.807) is 12.1 Å². The van der Waals surface area contributed by atoms with Crippen molar-refractivity contribution in [2.45, 2.75) is 19.4 Å². The molecule has 2 aromatic carbocycles. The first-order chi connectivity index (χ1) is 11.2. The van der Waals surface area contributed by atoms with E-state index in [1.165, 1.54) is 0 Å². The number of benzene rings is 2. The number of rotatable bonds is 7. The predicted molar refractivity (Wildman–Crippen MR) is 90.8 cm³/mol. The van der Waals surface area contributed by atoms with Crippen LogP contribution >= 0.6 is 0 Å². The summed E-state index contributed by atoms with van der Waals surface area (Å²) in [7, 11) is 0. The van der Waals surface area contributed by atoms with Gasteiger partial charge in [-0.05, 0) is 24.6 Å². The van der Waals surface area contributed by atoms with Gasteiger partial charge in [-0.25, -0.2) is 4.79 Å². The Balaban J connectivity index is 1.77. The number of anilines is 1. The van der Waals surface area contributed by atoms with E-state index in [4.69, 9.17) is 4.74 Å². The van der Waals surface area contributed by atoms with Crippen LogP contribution < -0.4 is 15.4 Å². The molecule has 5 heteroatoms. The number of aliphatic hydroxyl groups is 1. The van der Waals surface area contributed by atoms with Gasteiger partial charge in [0.25, 0.3) is 0 Å². The van der Waals surface area contributed by atoms with Crippen molar-refractivity contribution in [1.82, 2.24) is 5.32 Å². The lowest BCUT2D eigenvalue weighted by Gasteiger charge is -2.13. The summed E-state index contributed by atoms with van der Waals surface area (Å²) in [6, 6.07) is 16.5. The van der Waals surface area contributed by atoms with Gasteiger partial charge in [0, 0.05) is 24.7 Å². The molecule has 5 nitrogen and oxygen atoms in total. The van der Waals surface area contributed by atoms with E-state index in [0.717, 1.165) is 5.56 Å². The molecule has 0 aromatic heterocycles. The van der Waals surface area contributed by atoms with E-state index < -0.39 is 6.10 Å².